The first kappa shape index (κ1) is 18.4. The molecular weight excluding hydrogens is 350 g/mol. The van der Waals surface area contributed by atoms with E-state index in [-0.39, 0.29) is 0 Å². The summed E-state index contributed by atoms with van der Waals surface area (Å²) in [6, 6.07) is 17.5. The molecule has 1 heterocycles. The molecule has 26 heavy (non-hydrogen) atoms. The van der Waals surface area contributed by atoms with Crippen molar-refractivity contribution in [3.8, 4) is 11.5 Å². The predicted octanol–water partition coefficient (Wildman–Crippen LogP) is 5.20. The summed E-state index contributed by atoms with van der Waals surface area (Å²) in [7, 11) is 0. The zero-order chi connectivity index (χ0) is 18.2. The number of hydrogen-bond acceptors (Lipinski definition) is 4. The smallest absolute Gasteiger partial charge is 0.161 e. The van der Waals surface area contributed by atoms with Gasteiger partial charge in [-0.05, 0) is 54.4 Å². The van der Waals surface area contributed by atoms with Gasteiger partial charge in [0.1, 0.15) is 12.4 Å². The summed E-state index contributed by atoms with van der Waals surface area (Å²) in [6.07, 6.45) is 1.68. The largest absolute Gasteiger partial charge is 0.490 e. The first-order valence-electron chi connectivity index (χ1n) is 8.60. The number of hydrogen-bond donors (Lipinski definition) is 1. The summed E-state index contributed by atoms with van der Waals surface area (Å²) in [6.45, 7) is 4.42. The van der Waals surface area contributed by atoms with Gasteiger partial charge in [0.15, 0.2) is 11.5 Å². The first-order chi connectivity index (χ1) is 12.7. The molecule has 0 radical (unpaired) electrons. The van der Waals surface area contributed by atoms with Crippen molar-refractivity contribution in [3.63, 3.8) is 0 Å². The number of furan rings is 1. The van der Waals surface area contributed by atoms with Crippen LogP contribution in [0.15, 0.2) is 65.3 Å². The van der Waals surface area contributed by atoms with Gasteiger partial charge in [-0.25, -0.2) is 0 Å². The van der Waals surface area contributed by atoms with Gasteiger partial charge < -0.3 is 19.2 Å². The molecule has 0 amide bonds. The van der Waals surface area contributed by atoms with E-state index in [9.17, 15) is 0 Å². The van der Waals surface area contributed by atoms with Crippen LogP contribution in [0.2, 0.25) is 5.02 Å². The van der Waals surface area contributed by atoms with Crippen LogP contribution in [0.1, 0.15) is 23.8 Å². The van der Waals surface area contributed by atoms with Gasteiger partial charge >= 0.3 is 0 Å². The lowest BCUT2D eigenvalue weighted by molar-refractivity contribution is 0.269. The van der Waals surface area contributed by atoms with E-state index in [1.54, 1.807) is 6.26 Å². The van der Waals surface area contributed by atoms with Crippen molar-refractivity contribution in [1.82, 2.24) is 5.32 Å². The molecule has 0 aliphatic carbocycles. The highest BCUT2D eigenvalue weighted by molar-refractivity contribution is 6.30. The fourth-order valence-corrected chi connectivity index (χ4v) is 2.66. The molecule has 0 saturated heterocycles. The maximum absolute atomic E-state index is 5.93. The predicted molar refractivity (Wildman–Crippen MR) is 103 cm³/mol. The summed E-state index contributed by atoms with van der Waals surface area (Å²) in [5.74, 6) is 2.40. The molecule has 0 spiro atoms. The van der Waals surface area contributed by atoms with Crippen molar-refractivity contribution in [1.29, 1.82) is 0 Å². The Morgan fingerprint density at radius 3 is 2.46 bits per heavy atom. The Labute approximate surface area is 158 Å². The average molecular weight is 372 g/mol. The summed E-state index contributed by atoms with van der Waals surface area (Å²) in [5, 5.41) is 4.07. The lowest BCUT2D eigenvalue weighted by Gasteiger charge is -2.14. The topological polar surface area (TPSA) is 43.6 Å². The van der Waals surface area contributed by atoms with E-state index in [0.29, 0.717) is 19.8 Å². The van der Waals surface area contributed by atoms with E-state index in [1.165, 1.54) is 0 Å². The molecule has 0 aliphatic rings. The van der Waals surface area contributed by atoms with Crippen molar-refractivity contribution in [2.75, 3.05) is 6.61 Å². The molecular formula is C21H22ClNO3. The minimum Gasteiger partial charge on any atom is -0.490 e. The monoisotopic (exact) mass is 371 g/mol. The van der Waals surface area contributed by atoms with E-state index in [4.69, 9.17) is 25.5 Å². The van der Waals surface area contributed by atoms with Crippen LogP contribution in [0, 0.1) is 0 Å². The lowest BCUT2D eigenvalue weighted by Crippen LogP contribution is -2.12. The SMILES string of the molecule is CCOc1cc(CNCc2ccco2)ccc1OCc1ccc(Cl)cc1. The fourth-order valence-electron chi connectivity index (χ4n) is 2.53. The van der Waals surface area contributed by atoms with Gasteiger partial charge in [-0.2, -0.15) is 0 Å². The molecule has 136 valence electrons. The lowest BCUT2D eigenvalue weighted by atomic mass is 10.2. The Bertz CT molecular complexity index is 801. The van der Waals surface area contributed by atoms with Crippen molar-refractivity contribution in [3.05, 3.63) is 82.8 Å². The van der Waals surface area contributed by atoms with Crippen molar-refractivity contribution in [2.45, 2.75) is 26.6 Å². The molecule has 0 saturated carbocycles. The molecule has 5 heteroatoms. The minimum atomic E-state index is 0.466. The molecule has 0 bridgehead atoms. The van der Waals surface area contributed by atoms with Gasteiger partial charge in [0, 0.05) is 11.6 Å². The second kappa shape index (κ2) is 9.32. The second-order valence-electron chi connectivity index (χ2n) is 5.81. The van der Waals surface area contributed by atoms with Crippen LogP contribution in [0.25, 0.3) is 0 Å². The van der Waals surface area contributed by atoms with Crippen molar-refractivity contribution in [2.24, 2.45) is 0 Å². The molecule has 0 atom stereocenters. The maximum atomic E-state index is 5.93. The Morgan fingerprint density at radius 1 is 0.923 bits per heavy atom. The third-order valence-corrected chi connectivity index (χ3v) is 4.08. The van der Waals surface area contributed by atoms with Gasteiger partial charge in [-0.1, -0.05) is 29.8 Å². The zero-order valence-corrected chi connectivity index (χ0v) is 15.5. The van der Waals surface area contributed by atoms with E-state index in [0.717, 1.165) is 40.0 Å². The molecule has 1 aromatic heterocycles. The van der Waals surface area contributed by atoms with E-state index < -0.39 is 0 Å². The van der Waals surface area contributed by atoms with Crippen LogP contribution >= 0.6 is 11.6 Å². The Hall–Kier alpha value is -2.43. The Kier molecular flexibility index (Phi) is 6.58. The van der Waals surface area contributed by atoms with Crippen LogP contribution in [0.5, 0.6) is 11.5 Å². The molecule has 4 nitrogen and oxygen atoms in total. The van der Waals surface area contributed by atoms with Crippen LogP contribution < -0.4 is 14.8 Å². The standard InChI is InChI=1S/C21H22ClNO3/c1-2-24-21-12-17(13-23-14-19-4-3-11-25-19)7-10-20(21)26-15-16-5-8-18(22)9-6-16/h3-12,23H,2,13-15H2,1H3. The first-order valence-corrected chi connectivity index (χ1v) is 8.98. The summed E-state index contributed by atoms with van der Waals surface area (Å²) < 4.78 is 17.0. The number of rotatable bonds is 9. The second-order valence-corrected chi connectivity index (χ2v) is 6.25. The van der Waals surface area contributed by atoms with Crippen LogP contribution in [0.4, 0.5) is 0 Å². The highest BCUT2D eigenvalue weighted by Gasteiger charge is 2.07. The average Bonchev–Trinajstić information content (AvgIpc) is 3.16. The quantitative estimate of drug-likeness (QED) is 0.561. The number of nitrogens with one attached hydrogen (secondary N) is 1. The third kappa shape index (κ3) is 5.28. The van der Waals surface area contributed by atoms with Gasteiger partial charge in [-0.3, -0.25) is 0 Å². The normalized spacial score (nSPS) is 10.7. The summed E-state index contributed by atoms with van der Waals surface area (Å²) in [5.41, 5.74) is 2.18. The van der Waals surface area contributed by atoms with E-state index in [2.05, 4.69) is 5.32 Å². The molecule has 0 fully saturated rings. The van der Waals surface area contributed by atoms with E-state index in [1.807, 2.05) is 61.5 Å². The Morgan fingerprint density at radius 2 is 1.73 bits per heavy atom. The zero-order valence-electron chi connectivity index (χ0n) is 14.7. The van der Waals surface area contributed by atoms with Crippen molar-refractivity contribution >= 4 is 11.6 Å². The highest BCUT2D eigenvalue weighted by Crippen LogP contribution is 2.29. The molecule has 0 aliphatic heterocycles. The van der Waals surface area contributed by atoms with Crippen LogP contribution in [-0.4, -0.2) is 6.61 Å². The van der Waals surface area contributed by atoms with Gasteiger partial charge in [0.05, 0.1) is 19.4 Å². The van der Waals surface area contributed by atoms with Crippen LogP contribution in [0.3, 0.4) is 0 Å². The number of ether oxygens (including phenoxy) is 2. The highest BCUT2D eigenvalue weighted by atomic mass is 35.5. The number of benzene rings is 2. The summed E-state index contributed by atoms with van der Waals surface area (Å²) in [4.78, 5) is 0. The maximum Gasteiger partial charge on any atom is 0.161 e. The fraction of sp³-hybridized carbons (Fsp3) is 0.238. The molecule has 1 N–H and O–H groups in total. The number of halogens is 1. The van der Waals surface area contributed by atoms with Gasteiger partial charge in [0.25, 0.3) is 0 Å². The Balaban J connectivity index is 1.60. The molecule has 3 rings (SSSR count). The van der Waals surface area contributed by atoms with Gasteiger partial charge in [-0.15, -0.1) is 0 Å². The van der Waals surface area contributed by atoms with Gasteiger partial charge in [0.2, 0.25) is 0 Å². The summed E-state index contributed by atoms with van der Waals surface area (Å²) >= 11 is 5.91. The third-order valence-electron chi connectivity index (χ3n) is 3.82. The minimum absolute atomic E-state index is 0.466. The molecule has 0 unspecified atom stereocenters. The molecule has 2 aromatic carbocycles. The molecule has 3 aromatic rings. The van der Waals surface area contributed by atoms with Crippen LogP contribution in [-0.2, 0) is 19.7 Å². The van der Waals surface area contributed by atoms with E-state index >= 15 is 0 Å². The van der Waals surface area contributed by atoms with Crippen molar-refractivity contribution < 1.29 is 13.9 Å².